The Bertz CT molecular complexity index is 1250. The van der Waals surface area contributed by atoms with E-state index in [2.05, 4.69) is 17.1 Å². The Morgan fingerprint density at radius 1 is 0.977 bits per heavy atom. The van der Waals surface area contributed by atoms with E-state index in [0.29, 0.717) is 58.8 Å². The van der Waals surface area contributed by atoms with Crippen molar-refractivity contribution in [1.29, 1.82) is 0 Å². The van der Waals surface area contributed by atoms with Crippen LogP contribution in [-0.4, -0.2) is 126 Å². The number of aliphatic hydroxyl groups is 1. The summed E-state index contributed by atoms with van der Waals surface area (Å²) in [6.45, 7) is 8.20. The normalized spacial score (nSPS) is 30.7. The summed E-state index contributed by atoms with van der Waals surface area (Å²) in [5.41, 5.74) is 0.758. The zero-order valence-electron chi connectivity index (χ0n) is 24.8. The summed E-state index contributed by atoms with van der Waals surface area (Å²) in [7, 11) is 0. The van der Waals surface area contributed by atoms with Gasteiger partial charge in [-0.3, -0.25) is 19.3 Å². The lowest BCUT2D eigenvalue weighted by Gasteiger charge is -2.36. The summed E-state index contributed by atoms with van der Waals surface area (Å²) >= 11 is 1.60. The van der Waals surface area contributed by atoms with E-state index in [1.54, 1.807) is 21.6 Å². The van der Waals surface area contributed by atoms with E-state index >= 15 is 0 Å². The second kappa shape index (κ2) is 13.0. The van der Waals surface area contributed by atoms with Crippen LogP contribution in [0, 0.1) is 11.8 Å². The molecule has 1 aromatic rings. The van der Waals surface area contributed by atoms with Crippen LogP contribution in [-0.2, 0) is 19.1 Å². The molecule has 3 fully saturated rings. The second-order valence-electron chi connectivity index (χ2n) is 11.7. The lowest BCUT2D eigenvalue weighted by molar-refractivity contribution is -0.142. The van der Waals surface area contributed by atoms with Gasteiger partial charge in [0.15, 0.2) is 0 Å². The van der Waals surface area contributed by atoms with Gasteiger partial charge in [0, 0.05) is 63.4 Å². The number of benzene rings is 1. The quantitative estimate of drug-likeness (QED) is 0.316. The number of anilines is 1. The van der Waals surface area contributed by atoms with Crippen molar-refractivity contribution in [3.8, 4) is 5.75 Å². The van der Waals surface area contributed by atoms with E-state index in [1.165, 1.54) is 0 Å². The third-order valence-electron chi connectivity index (χ3n) is 9.30. The van der Waals surface area contributed by atoms with Crippen molar-refractivity contribution in [1.82, 2.24) is 14.7 Å². The van der Waals surface area contributed by atoms with E-state index in [-0.39, 0.29) is 29.6 Å². The van der Waals surface area contributed by atoms with E-state index in [4.69, 9.17) is 9.47 Å². The van der Waals surface area contributed by atoms with Crippen LogP contribution in [0.4, 0.5) is 5.69 Å². The molecule has 1 unspecified atom stereocenters. The third kappa shape index (κ3) is 5.61. The highest BCUT2D eigenvalue weighted by molar-refractivity contribution is 8.02. The number of morpholine rings is 1. The first-order chi connectivity index (χ1) is 21.0. The Morgan fingerprint density at radius 3 is 2.51 bits per heavy atom. The molecule has 1 spiro atoms. The van der Waals surface area contributed by atoms with Crippen molar-refractivity contribution < 1.29 is 29.0 Å². The van der Waals surface area contributed by atoms with Gasteiger partial charge in [-0.1, -0.05) is 24.3 Å². The lowest BCUT2D eigenvalue weighted by Crippen LogP contribution is -2.54. The van der Waals surface area contributed by atoms with Gasteiger partial charge in [0.25, 0.3) is 0 Å². The van der Waals surface area contributed by atoms with E-state index < -0.39 is 22.6 Å². The number of aliphatic hydroxyl groups excluding tert-OH is 1. The highest BCUT2D eigenvalue weighted by Crippen LogP contribution is 2.61. The van der Waals surface area contributed by atoms with Crippen molar-refractivity contribution in [2.24, 2.45) is 11.8 Å². The van der Waals surface area contributed by atoms with E-state index in [0.717, 1.165) is 31.1 Å². The zero-order valence-corrected chi connectivity index (χ0v) is 25.6. The standard InChI is InChI=1S/C32H42N4O6S/c1-2-42-24-10-8-23(9-11-24)35-15-5-7-25-26(29(35)38)27-30(39)36(14-3-4-20-37)28-31(40)34(13-6-12-32(27,28)43-25)17-16-33-18-21-41-22-19-33/h5-12,25-28,37H,2-4,13-22H2,1H3/t25-,26+,27+,28?,32+/m1/s1. The molecule has 0 aromatic heterocycles. The Kier molecular flexibility index (Phi) is 9.13. The van der Waals surface area contributed by atoms with E-state index in [9.17, 15) is 19.5 Å². The second-order valence-corrected chi connectivity index (χ2v) is 13.2. The van der Waals surface area contributed by atoms with Gasteiger partial charge in [0.05, 0.1) is 36.4 Å². The maximum Gasteiger partial charge on any atom is 0.247 e. The van der Waals surface area contributed by atoms with Gasteiger partial charge < -0.3 is 29.3 Å². The van der Waals surface area contributed by atoms with Crippen LogP contribution in [0.3, 0.4) is 0 Å². The average Bonchev–Trinajstić information content (AvgIpc) is 3.33. The van der Waals surface area contributed by atoms with Crippen molar-refractivity contribution in [2.75, 3.05) is 77.1 Å². The van der Waals surface area contributed by atoms with Crippen LogP contribution in [0.5, 0.6) is 5.75 Å². The van der Waals surface area contributed by atoms with Crippen molar-refractivity contribution in [3.63, 3.8) is 0 Å². The molecule has 0 radical (unpaired) electrons. The monoisotopic (exact) mass is 610 g/mol. The predicted octanol–water partition coefficient (Wildman–Crippen LogP) is 1.79. The average molecular weight is 611 g/mol. The number of likely N-dealkylation sites (tertiary alicyclic amines) is 1. The molecule has 5 heterocycles. The fourth-order valence-corrected chi connectivity index (χ4v) is 9.23. The summed E-state index contributed by atoms with van der Waals surface area (Å²) in [6, 6.07) is 6.80. The van der Waals surface area contributed by atoms with Crippen molar-refractivity contribution in [2.45, 2.75) is 35.8 Å². The number of ether oxygens (including phenoxy) is 2. The molecule has 3 saturated heterocycles. The Balaban J connectivity index is 1.30. The number of unbranched alkanes of at least 4 members (excludes halogenated alkanes) is 1. The fourth-order valence-electron chi connectivity index (χ4n) is 7.23. The van der Waals surface area contributed by atoms with Crippen LogP contribution in [0.15, 0.2) is 48.6 Å². The van der Waals surface area contributed by atoms with Gasteiger partial charge in [-0.25, -0.2) is 0 Å². The van der Waals surface area contributed by atoms with Gasteiger partial charge >= 0.3 is 0 Å². The van der Waals surface area contributed by atoms with Gasteiger partial charge in [0.2, 0.25) is 17.7 Å². The molecule has 1 N–H and O–H groups in total. The van der Waals surface area contributed by atoms with Crippen LogP contribution < -0.4 is 9.64 Å². The number of rotatable bonds is 10. The minimum atomic E-state index is -0.835. The first kappa shape index (κ1) is 30.2. The molecule has 0 saturated carbocycles. The summed E-state index contributed by atoms with van der Waals surface area (Å²) in [6.07, 6.45) is 9.32. The van der Waals surface area contributed by atoms with Crippen molar-refractivity contribution in [3.05, 3.63) is 48.6 Å². The first-order valence-electron chi connectivity index (χ1n) is 15.5. The topological polar surface area (TPSA) is 103 Å². The molecule has 5 atom stereocenters. The molecule has 5 aliphatic heterocycles. The van der Waals surface area contributed by atoms with E-state index in [1.807, 2.05) is 48.2 Å². The number of amides is 3. The van der Waals surface area contributed by atoms with Crippen molar-refractivity contribution >= 4 is 35.2 Å². The van der Waals surface area contributed by atoms with Gasteiger partial charge in [-0.2, -0.15) is 0 Å². The molecule has 232 valence electrons. The minimum absolute atomic E-state index is 0.0283. The summed E-state index contributed by atoms with van der Waals surface area (Å²) in [5, 5.41) is 9.25. The summed E-state index contributed by atoms with van der Waals surface area (Å²) in [5.74, 6) is -0.780. The fraction of sp³-hybridized carbons (Fsp3) is 0.594. The SMILES string of the molecule is CCOc1ccc(N2CC=C[C@H]3S[C@]45C=CCN(CCN6CCOCC6)C(=O)C4N(CCCCO)C(=O)[C@@H]5[C@H]3C2=O)cc1. The number of nitrogens with zero attached hydrogens (tertiary/aromatic N) is 4. The number of hydrogen-bond donors (Lipinski definition) is 1. The summed E-state index contributed by atoms with van der Waals surface area (Å²) in [4.78, 5) is 50.9. The Hall–Kier alpha value is -2.86. The maximum absolute atomic E-state index is 14.4. The number of thioether (sulfide) groups is 1. The molecule has 3 amide bonds. The molecular formula is C32H42N4O6S. The third-order valence-corrected chi connectivity index (χ3v) is 11.0. The van der Waals surface area contributed by atoms with Crippen LogP contribution in [0.25, 0.3) is 0 Å². The number of hydrogen-bond acceptors (Lipinski definition) is 8. The predicted molar refractivity (Wildman–Crippen MR) is 165 cm³/mol. The number of carbonyl (C=O) groups is 3. The highest BCUT2D eigenvalue weighted by atomic mass is 32.2. The van der Waals surface area contributed by atoms with Gasteiger partial charge in [-0.05, 0) is 44.0 Å². The van der Waals surface area contributed by atoms with Crippen LogP contribution in [0.2, 0.25) is 0 Å². The molecular weight excluding hydrogens is 568 g/mol. The molecule has 0 aliphatic carbocycles. The molecule has 1 aromatic carbocycles. The largest absolute Gasteiger partial charge is 0.494 e. The zero-order chi connectivity index (χ0) is 30.0. The van der Waals surface area contributed by atoms with Crippen LogP contribution >= 0.6 is 11.8 Å². The minimum Gasteiger partial charge on any atom is -0.494 e. The summed E-state index contributed by atoms with van der Waals surface area (Å²) < 4.78 is 10.2. The Labute approximate surface area is 257 Å². The number of carbonyl (C=O) groups excluding carboxylic acids is 3. The highest BCUT2D eigenvalue weighted by Gasteiger charge is 2.70. The number of fused-ring (bicyclic) bond motifs is 2. The van der Waals surface area contributed by atoms with Gasteiger partial charge in [-0.15, -0.1) is 11.8 Å². The molecule has 5 aliphatic rings. The molecule has 10 nitrogen and oxygen atoms in total. The molecule has 11 heteroatoms. The van der Waals surface area contributed by atoms with Gasteiger partial charge in [0.1, 0.15) is 11.8 Å². The molecule has 6 rings (SSSR count). The smallest absolute Gasteiger partial charge is 0.247 e. The maximum atomic E-state index is 14.4. The first-order valence-corrected chi connectivity index (χ1v) is 16.4. The Morgan fingerprint density at radius 2 is 1.77 bits per heavy atom. The molecule has 0 bridgehead atoms. The lowest BCUT2D eigenvalue weighted by atomic mass is 9.78. The molecule has 43 heavy (non-hydrogen) atoms. The van der Waals surface area contributed by atoms with Crippen LogP contribution in [0.1, 0.15) is 19.8 Å².